The van der Waals surface area contributed by atoms with E-state index in [0.29, 0.717) is 12.8 Å². The molecule has 5 nitrogen and oxygen atoms in total. The van der Waals surface area contributed by atoms with Crippen LogP contribution in [-0.4, -0.2) is 34.7 Å². The van der Waals surface area contributed by atoms with E-state index in [4.69, 9.17) is 4.74 Å². The van der Waals surface area contributed by atoms with Crippen LogP contribution in [0.2, 0.25) is 0 Å². The van der Waals surface area contributed by atoms with Gasteiger partial charge in [-0.25, -0.2) is 4.79 Å². The first-order valence-electron chi connectivity index (χ1n) is 7.69. The van der Waals surface area contributed by atoms with E-state index >= 15 is 0 Å². The van der Waals surface area contributed by atoms with Gasteiger partial charge in [0, 0.05) is 12.6 Å². The topological polar surface area (TPSA) is 66.8 Å². The molecule has 1 aliphatic heterocycles. The molecule has 0 aromatic heterocycles. The average molecular weight is 305 g/mol. The minimum absolute atomic E-state index is 0.0406. The van der Waals surface area contributed by atoms with Crippen molar-refractivity contribution in [3.05, 3.63) is 35.9 Å². The van der Waals surface area contributed by atoms with E-state index in [1.807, 2.05) is 44.2 Å². The van der Waals surface area contributed by atoms with Gasteiger partial charge in [0.1, 0.15) is 6.61 Å². The summed E-state index contributed by atoms with van der Waals surface area (Å²) in [5, 5.41) is 9.19. The van der Waals surface area contributed by atoms with E-state index in [1.165, 1.54) is 0 Å². The number of ether oxygens (including phenoxy) is 1. The van der Waals surface area contributed by atoms with Gasteiger partial charge < -0.3 is 14.7 Å². The van der Waals surface area contributed by atoms with Crippen LogP contribution in [0.25, 0.3) is 0 Å². The summed E-state index contributed by atoms with van der Waals surface area (Å²) in [6.45, 7) is 4.52. The second kappa shape index (κ2) is 7.29. The van der Waals surface area contributed by atoms with Crippen molar-refractivity contribution in [3.63, 3.8) is 0 Å². The molecule has 1 aromatic rings. The second-order valence-electron chi connectivity index (χ2n) is 6.12. The Bertz CT molecular complexity index is 515. The number of piperidine rings is 1. The van der Waals surface area contributed by atoms with E-state index in [1.54, 1.807) is 4.90 Å². The minimum Gasteiger partial charge on any atom is -0.481 e. The zero-order chi connectivity index (χ0) is 16.1. The molecule has 1 aliphatic rings. The second-order valence-corrected chi connectivity index (χ2v) is 6.12. The monoisotopic (exact) mass is 305 g/mol. The van der Waals surface area contributed by atoms with Gasteiger partial charge in [-0.05, 0) is 24.3 Å². The Morgan fingerprint density at radius 2 is 1.95 bits per heavy atom. The number of amides is 1. The molecule has 0 unspecified atom stereocenters. The number of carbonyl (C=O) groups is 2. The number of hydrogen-bond donors (Lipinski definition) is 1. The molecule has 1 saturated heterocycles. The number of hydrogen-bond acceptors (Lipinski definition) is 3. The molecule has 0 saturated carbocycles. The van der Waals surface area contributed by atoms with Crippen LogP contribution in [0.15, 0.2) is 30.3 Å². The molecule has 120 valence electrons. The first-order chi connectivity index (χ1) is 10.5. The largest absolute Gasteiger partial charge is 0.481 e. The van der Waals surface area contributed by atoms with Crippen molar-refractivity contribution in [2.75, 3.05) is 6.54 Å². The summed E-state index contributed by atoms with van der Waals surface area (Å²) in [5.74, 6) is -1.07. The van der Waals surface area contributed by atoms with Crippen molar-refractivity contribution in [1.82, 2.24) is 4.90 Å². The predicted molar refractivity (Wildman–Crippen MR) is 82.3 cm³/mol. The highest BCUT2D eigenvalue weighted by Crippen LogP contribution is 2.27. The van der Waals surface area contributed by atoms with Crippen LogP contribution in [0, 0.1) is 11.8 Å². The summed E-state index contributed by atoms with van der Waals surface area (Å²) < 4.78 is 5.37. The predicted octanol–water partition coefficient (Wildman–Crippen LogP) is 3.14. The lowest BCUT2D eigenvalue weighted by atomic mass is 9.87. The average Bonchev–Trinajstić information content (AvgIpc) is 2.52. The maximum atomic E-state index is 12.4. The van der Waals surface area contributed by atoms with E-state index in [2.05, 4.69) is 0 Å². The highest BCUT2D eigenvalue weighted by Gasteiger charge is 2.36. The first-order valence-corrected chi connectivity index (χ1v) is 7.69. The summed E-state index contributed by atoms with van der Waals surface area (Å²) in [5.41, 5.74) is 0.920. The van der Waals surface area contributed by atoms with Crippen molar-refractivity contribution in [2.24, 2.45) is 11.8 Å². The van der Waals surface area contributed by atoms with Gasteiger partial charge in [0.25, 0.3) is 0 Å². The van der Waals surface area contributed by atoms with E-state index in [0.717, 1.165) is 5.56 Å². The van der Waals surface area contributed by atoms with Crippen LogP contribution < -0.4 is 0 Å². The molecule has 0 aliphatic carbocycles. The van der Waals surface area contributed by atoms with Gasteiger partial charge in [-0.1, -0.05) is 44.2 Å². The molecule has 1 fully saturated rings. The van der Waals surface area contributed by atoms with Gasteiger partial charge in [-0.15, -0.1) is 0 Å². The van der Waals surface area contributed by atoms with Crippen LogP contribution in [-0.2, 0) is 16.1 Å². The third-order valence-electron chi connectivity index (χ3n) is 4.19. The molecular weight excluding hydrogens is 282 g/mol. The highest BCUT2D eigenvalue weighted by molar-refractivity contribution is 5.73. The van der Waals surface area contributed by atoms with Gasteiger partial charge >= 0.3 is 12.1 Å². The van der Waals surface area contributed by atoms with Crippen molar-refractivity contribution >= 4 is 12.1 Å². The van der Waals surface area contributed by atoms with Crippen LogP contribution in [0.4, 0.5) is 4.79 Å². The third kappa shape index (κ3) is 4.00. The van der Waals surface area contributed by atoms with E-state index in [9.17, 15) is 14.7 Å². The number of carboxylic acids is 1. The highest BCUT2D eigenvalue weighted by atomic mass is 16.6. The Morgan fingerprint density at radius 3 is 2.55 bits per heavy atom. The number of likely N-dealkylation sites (tertiary alicyclic amines) is 1. The lowest BCUT2D eigenvalue weighted by Gasteiger charge is -2.39. The molecule has 0 bridgehead atoms. The normalized spacial score (nSPS) is 21.7. The van der Waals surface area contributed by atoms with Gasteiger partial charge in [-0.3, -0.25) is 4.79 Å². The Hall–Kier alpha value is -2.04. The van der Waals surface area contributed by atoms with Crippen molar-refractivity contribution < 1.29 is 19.4 Å². The summed E-state index contributed by atoms with van der Waals surface area (Å²) in [4.78, 5) is 25.2. The summed E-state index contributed by atoms with van der Waals surface area (Å²) in [7, 11) is 0. The summed E-state index contributed by atoms with van der Waals surface area (Å²) in [6, 6.07) is 9.51. The van der Waals surface area contributed by atoms with Gasteiger partial charge in [0.2, 0.25) is 0 Å². The third-order valence-corrected chi connectivity index (χ3v) is 4.19. The maximum Gasteiger partial charge on any atom is 0.410 e. The minimum atomic E-state index is -0.844. The van der Waals surface area contributed by atoms with Crippen LogP contribution in [0.3, 0.4) is 0 Å². The quantitative estimate of drug-likeness (QED) is 0.928. The van der Waals surface area contributed by atoms with Gasteiger partial charge in [-0.2, -0.15) is 0 Å². The molecule has 0 spiro atoms. The zero-order valence-electron chi connectivity index (χ0n) is 13.1. The van der Waals surface area contributed by atoms with E-state index in [-0.39, 0.29) is 25.1 Å². The van der Waals surface area contributed by atoms with Crippen molar-refractivity contribution in [1.29, 1.82) is 0 Å². The SMILES string of the molecule is CC(C)[C@@H]1CC[C@H](C(=O)O)CN1C(=O)OCc1ccccc1. The molecule has 5 heteroatoms. The molecule has 2 atom stereocenters. The van der Waals surface area contributed by atoms with Crippen LogP contribution in [0.1, 0.15) is 32.3 Å². The van der Waals surface area contributed by atoms with Gasteiger partial charge in [0.05, 0.1) is 5.92 Å². The molecule has 1 aromatic carbocycles. The number of rotatable bonds is 4. The number of carboxylic acid groups (broad SMARTS) is 1. The Labute approximate surface area is 130 Å². The number of carbonyl (C=O) groups excluding carboxylic acids is 1. The number of aliphatic carboxylic acids is 1. The number of nitrogens with zero attached hydrogens (tertiary/aromatic N) is 1. The van der Waals surface area contributed by atoms with Crippen molar-refractivity contribution in [3.8, 4) is 0 Å². The van der Waals surface area contributed by atoms with Gasteiger partial charge in [0.15, 0.2) is 0 Å². The smallest absolute Gasteiger partial charge is 0.410 e. The fourth-order valence-electron chi connectivity index (χ4n) is 2.90. The molecule has 1 heterocycles. The Kier molecular flexibility index (Phi) is 5.41. The van der Waals surface area contributed by atoms with Crippen molar-refractivity contribution in [2.45, 2.75) is 39.3 Å². The summed E-state index contributed by atoms with van der Waals surface area (Å²) >= 11 is 0. The molecule has 1 amide bonds. The standard InChI is InChI=1S/C17H23NO4/c1-12(2)15-9-8-14(16(19)20)10-18(15)17(21)22-11-13-6-4-3-5-7-13/h3-7,12,14-15H,8-11H2,1-2H3,(H,19,20)/t14-,15-/m0/s1. The molecule has 1 N–H and O–H groups in total. The fraction of sp³-hybridized carbons (Fsp3) is 0.529. The molecular formula is C17H23NO4. The Morgan fingerprint density at radius 1 is 1.27 bits per heavy atom. The molecule has 2 rings (SSSR count). The molecule has 0 radical (unpaired) electrons. The lowest BCUT2D eigenvalue weighted by Crippen LogP contribution is -2.50. The summed E-state index contributed by atoms with van der Waals surface area (Å²) in [6.07, 6.45) is 0.893. The van der Waals surface area contributed by atoms with E-state index < -0.39 is 18.0 Å². The maximum absolute atomic E-state index is 12.4. The van der Waals surface area contributed by atoms with Crippen LogP contribution >= 0.6 is 0 Å². The first kappa shape index (κ1) is 16.3. The van der Waals surface area contributed by atoms with Crippen LogP contribution in [0.5, 0.6) is 0 Å². The zero-order valence-corrected chi connectivity index (χ0v) is 13.1. The number of benzene rings is 1. The Balaban J connectivity index is 2.01. The molecule has 22 heavy (non-hydrogen) atoms. The fourth-order valence-corrected chi connectivity index (χ4v) is 2.90. The lowest BCUT2D eigenvalue weighted by molar-refractivity contribution is -0.144.